The molecule has 3 atom stereocenters. The van der Waals surface area contributed by atoms with Crippen LogP contribution in [0.5, 0.6) is 11.5 Å². The second-order valence-electron chi connectivity index (χ2n) is 9.25. The number of aliphatic hydroxyl groups excluding tert-OH is 2. The van der Waals surface area contributed by atoms with Crippen LogP contribution in [0.25, 0.3) is 0 Å². The average Bonchev–Trinajstić information content (AvgIpc) is 3.12. The van der Waals surface area contributed by atoms with Crippen LogP contribution in [0.3, 0.4) is 0 Å². The first kappa shape index (κ1) is 19.5. The van der Waals surface area contributed by atoms with Crippen molar-refractivity contribution in [2.24, 2.45) is 0 Å². The van der Waals surface area contributed by atoms with Gasteiger partial charge in [0.25, 0.3) is 0 Å². The Bertz CT molecular complexity index is 1090. The molecule has 9 nitrogen and oxygen atoms in total. The van der Waals surface area contributed by atoms with E-state index >= 15 is 0 Å². The zero-order chi connectivity index (χ0) is 21.4. The lowest BCUT2D eigenvalue weighted by Gasteiger charge is -2.25. The number of anilines is 2. The average molecular weight is 414 g/mol. The lowest BCUT2D eigenvalue weighted by Crippen LogP contribution is -2.39. The van der Waals surface area contributed by atoms with Crippen LogP contribution in [-0.4, -0.2) is 38.6 Å². The maximum Gasteiger partial charge on any atom is 0.351 e. The fourth-order valence-corrected chi connectivity index (χ4v) is 4.83. The molecule has 160 valence electrons. The minimum Gasteiger partial charge on any atom is -0.450 e. The molecule has 3 aliphatic rings. The van der Waals surface area contributed by atoms with Crippen molar-refractivity contribution in [3.05, 3.63) is 39.9 Å². The van der Waals surface area contributed by atoms with Crippen LogP contribution in [0.1, 0.15) is 51.5 Å². The molecule has 0 amide bonds. The number of fused-ring (bicyclic) bond motifs is 3. The van der Waals surface area contributed by atoms with Crippen LogP contribution in [0, 0.1) is 0 Å². The normalized spacial score (nSPS) is 27.6. The molecule has 4 heterocycles. The van der Waals surface area contributed by atoms with E-state index < -0.39 is 24.1 Å². The summed E-state index contributed by atoms with van der Waals surface area (Å²) in [5.74, 6) is 1.39. The van der Waals surface area contributed by atoms with Crippen molar-refractivity contribution in [1.82, 2.24) is 14.9 Å². The lowest BCUT2D eigenvalue weighted by atomic mass is 9.89. The highest BCUT2D eigenvalue weighted by Crippen LogP contribution is 2.48. The summed E-state index contributed by atoms with van der Waals surface area (Å²) in [6.07, 6.45) is -0.547. The molecule has 1 aromatic carbocycles. The monoisotopic (exact) mass is 414 g/mol. The molecule has 2 aromatic rings. The van der Waals surface area contributed by atoms with E-state index in [1.807, 2.05) is 12.1 Å². The van der Waals surface area contributed by atoms with Gasteiger partial charge in [-0.15, -0.1) is 0 Å². The number of hydrogen-bond donors (Lipinski definition) is 4. The number of nitrogens with one attached hydrogen (secondary N) is 2. The van der Waals surface area contributed by atoms with Crippen LogP contribution in [0.15, 0.2) is 23.1 Å². The second-order valence-corrected chi connectivity index (χ2v) is 9.25. The number of benzene rings is 1. The van der Waals surface area contributed by atoms with Crippen LogP contribution in [-0.2, 0) is 15.8 Å². The van der Waals surface area contributed by atoms with Gasteiger partial charge >= 0.3 is 5.69 Å². The van der Waals surface area contributed by atoms with Gasteiger partial charge in [-0.3, -0.25) is 9.88 Å². The first-order chi connectivity index (χ1) is 14.1. The zero-order valence-electron chi connectivity index (χ0n) is 17.4. The van der Waals surface area contributed by atoms with Crippen molar-refractivity contribution in [3.63, 3.8) is 0 Å². The number of aliphatic hydroxyl groups is 2. The SMILES string of the molecule is CC1(C)NC(C)(C)c2cc3c(cc21)Nc1nc(=O)n([C@H]2C[C@H](O)[C@@H](CO)O2)cc1O3. The van der Waals surface area contributed by atoms with Gasteiger partial charge < -0.3 is 25.0 Å². The highest BCUT2D eigenvalue weighted by molar-refractivity contribution is 5.75. The minimum absolute atomic E-state index is 0.193. The molecular weight excluding hydrogens is 388 g/mol. The van der Waals surface area contributed by atoms with E-state index in [2.05, 4.69) is 43.3 Å². The molecule has 1 aromatic heterocycles. The predicted octanol–water partition coefficient (Wildman–Crippen LogP) is 1.81. The highest BCUT2D eigenvalue weighted by atomic mass is 16.5. The van der Waals surface area contributed by atoms with Crippen LogP contribution < -0.4 is 21.1 Å². The molecule has 1 fully saturated rings. The topological polar surface area (TPSA) is 118 Å². The van der Waals surface area contributed by atoms with Gasteiger partial charge in [0, 0.05) is 17.5 Å². The second kappa shape index (κ2) is 6.27. The van der Waals surface area contributed by atoms with Gasteiger partial charge in [0.15, 0.2) is 17.3 Å². The third kappa shape index (κ3) is 2.84. The maximum absolute atomic E-state index is 12.6. The third-order valence-electron chi connectivity index (χ3n) is 6.18. The standard InChI is InChI=1S/C21H26N4O5/c1-20(2)10-5-12-14(6-11(10)21(3,4)24-20)29-15-8-25(19(28)23-18(15)22-12)17-7-13(27)16(9-26)30-17/h5-6,8,13,16-17,24,26-27H,7,9H2,1-4H3,(H,22,23,28)/t13-,16+,17+/m0/s1. The van der Waals surface area contributed by atoms with Crippen molar-refractivity contribution in [2.75, 3.05) is 11.9 Å². The fraction of sp³-hybridized carbons (Fsp3) is 0.524. The fourth-order valence-electron chi connectivity index (χ4n) is 4.83. The minimum atomic E-state index is -0.844. The van der Waals surface area contributed by atoms with Crippen molar-refractivity contribution in [1.29, 1.82) is 0 Å². The molecule has 0 radical (unpaired) electrons. The van der Waals surface area contributed by atoms with Gasteiger partial charge in [-0.1, -0.05) is 0 Å². The van der Waals surface area contributed by atoms with Gasteiger partial charge in [0.05, 0.1) is 24.6 Å². The summed E-state index contributed by atoms with van der Waals surface area (Å²) < 4.78 is 13.0. The molecule has 4 N–H and O–H groups in total. The van der Waals surface area contributed by atoms with Crippen LogP contribution in [0.2, 0.25) is 0 Å². The van der Waals surface area contributed by atoms with Gasteiger partial charge in [-0.05, 0) is 51.0 Å². The smallest absolute Gasteiger partial charge is 0.351 e. The Morgan fingerprint density at radius 2 is 1.90 bits per heavy atom. The Morgan fingerprint density at radius 1 is 1.20 bits per heavy atom. The number of nitrogens with zero attached hydrogens (tertiary/aromatic N) is 2. The van der Waals surface area contributed by atoms with E-state index in [1.54, 1.807) is 0 Å². The highest BCUT2D eigenvalue weighted by Gasteiger charge is 2.42. The summed E-state index contributed by atoms with van der Waals surface area (Å²) in [7, 11) is 0. The summed E-state index contributed by atoms with van der Waals surface area (Å²) in [6, 6.07) is 4.07. The van der Waals surface area contributed by atoms with Gasteiger partial charge in [-0.2, -0.15) is 4.98 Å². The third-order valence-corrected chi connectivity index (χ3v) is 6.18. The van der Waals surface area contributed by atoms with Crippen molar-refractivity contribution >= 4 is 11.5 Å². The molecule has 9 heteroatoms. The quantitative estimate of drug-likeness (QED) is 0.502. The largest absolute Gasteiger partial charge is 0.450 e. The molecule has 0 aliphatic carbocycles. The molecule has 1 saturated heterocycles. The Balaban J connectivity index is 1.52. The molecule has 0 unspecified atom stereocenters. The summed E-state index contributed by atoms with van der Waals surface area (Å²) in [5, 5.41) is 26.1. The number of ether oxygens (including phenoxy) is 2. The number of hydrogen-bond acceptors (Lipinski definition) is 8. The molecular formula is C21H26N4O5. The molecule has 30 heavy (non-hydrogen) atoms. The van der Waals surface area contributed by atoms with Gasteiger partial charge in [0.1, 0.15) is 12.3 Å². The van der Waals surface area contributed by atoms with Crippen LogP contribution in [0.4, 0.5) is 11.5 Å². The number of rotatable bonds is 2. The summed E-state index contributed by atoms with van der Waals surface area (Å²) in [5.41, 5.74) is 2.16. The predicted molar refractivity (Wildman–Crippen MR) is 109 cm³/mol. The Kier molecular flexibility index (Phi) is 4.08. The van der Waals surface area contributed by atoms with Crippen LogP contribution >= 0.6 is 0 Å². The summed E-state index contributed by atoms with van der Waals surface area (Å²) >= 11 is 0. The first-order valence-electron chi connectivity index (χ1n) is 10.1. The Labute approximate surface area is 173 Å². The first-order valence-corrected chi connectivity index (χ1v) is 10.1. The molecule has 5 rings (SSSR count). The lowest BCUT2D eigenvalue weighted by molar-refractivity contribution is -0.0459. The van der Waals surface area contributed by atoms with E-state index in [0.717, 1.165) is 11.3 Å². The summed E-state index contributed by atoms with van der Waals surface area (Å²) in [4.78, 5) is 16.7. The van der Waals surface area contributed by atoms with E-state index in [-0.39, 0.29) is 24.1 Å². The van der Waals surface area contributed by atoms with Gasteiger partial charge in [0.2, 0.25) is 0 Å². The van der Waals surface area contributed by atoms with E-state index in [1.165, 1.54) is 16.3 Å². The Hall–Kier alpha value is -2.46. The molecule has 0 spiro atoms. The van der Waals surface area contributed by atoms with E-state index in [4.69, 9.17) is 9.47 Å². The van der Waals surface area contributed by atoms with E-state index in [9.17, 15) is 15.0 Å². The number of aromatic nitrogens is 2. The Morgan fingerprint density at radius 3 is 2.57 bits per heavy atom. The maximum atomic E-state index is 12.6. The van der Waals surface area contributed by atoms with Crippen molar-refractivity contribution in [2.45, 2.75) is 63.6 Å². The van der Waals surface area contributed by atoms with Crippen molar-refractivity contribution < 1.29 is 19.7 Å². The molecule has 3 aliphatic heterocycles. The van der Waals surface area contributed by atoms with Gasteiger partial charge in [-0.25, -0.2) is 4.79 Å². The van der Waals surface area contributed by atoms with E-state index in [0.29, 0.717) is 17.3 Å². The zero-order valence-corrected chi connectivity index (χ0v) is 17.4. The van der Waals surface area contributed by atoms with Crippen molar-refractivity contribution in [3.8, 4) is 11.5 Å². The molecule has 0 bridgehead atoms. The summed E-state index contributed by atoms with van der Waals surface area (Å²) in [6.45, 7) is 8.23. The molecule has 0 saturated carbocycles.